The Bertz CT molecular complexity index is 350. The molecule has 1 aliphatic carbocycles. The third-order valence-corrected chi connectivity index (χ3v) is 2.69. The first-order valence-electron chi connectivity index (χ1n) is 5.32. The van der Waals surface area contributed by atoms with E-state index >= 15 is 0 Å². The molecule has 1 saturated carbocycles. The zero-order valence-corrected chi connectivity index (χ0v) is 9.23. The summed E-state index contributed by atoms with van der Waals surface area (Å²) in [7, 11) is 1.72. The van der Waals surface area contributed by atoms with Gasteiger partial charge >= 0.3 is 0 Å². The smallest absolute Gasteiger partial charge is 0.157 e. The first-order valence-corrected chi connectivity index (χ1v) is 5.32. The van der Waals surface area contributed by atoms with Crippen LogP contribution in [-0.2, 0) is 11.3 Å². The molecule has 0 radical (unpaired) electrons. The predicted octanol–water partition coefficient (Wildman–Crippen LogP) is 1.34. The second-order valence-electron chi connectivity index (χ2n) is 4.06. The maximum absolute atomic E-state index is 5.59. The summed E-state index contributed by atoms with van der Waals surface area (Å²) in [6.07, 6.45) is 2.48. The Hall–Kier alpha value is -1.00. The van der Waals surface area contributed by atoms with Gasteiger partial charge in [-0.3, -0.25) is 0 Å². The summed E-state index contributed by atoms with van der Waals surface area (Å²) in [5.41, 5.74) is 7.44. The van der Waals surface area contributed by atoms with Gasteiger partial charge in [-0.05, 0) is 31.7 Å². The lowest BCUT2D eigenvalue weighted by Gasteiger charge is -2.14. The van der Waals surface area contributed by atoms with Gasteiger partial charge in [0.2, 0.25) is 0 Å². The lowest BCUT2D eigenvalue weighted by molar-refractivity contribution is 0.0768. The van der Waals surface area contributed by atoms with Crippen molar-refractivity contribution in [2.45, 2.75) is 32.4 Å². The molecule has 1 atom stereocenters. The van der Waals surface area contributed by atoms with Crippen LogP contribution in [0.1, 0.15) is 36.2 Å². The lowest BCUT2D eigenvalue weighted by atomic mass is 10.2. The normalized spacial score (nSPS) is 17.8. The third-order valence-electron chi connectivity index (χ3n) is 2.69. The third kappa shape index (κ3) is 2.33. The zero-order valence-electron chi connectivity index (χ0n) is 9.23. The van der Waals surface area contributed by atoms with Gasteiger partial charge in [-0.1, -0.05) is 0 Å². The highest BCUT2D eigenvalue weighted by molar-refractivity contribution is 5.12. The molecule has 1 fully saturated rings. The van der Waals surface area contributed by atoms with E-state index in [1.165, 1.54) is 12.8 Å². The van der Waals surface area contributed by atoms with Gasteiger partial charge in [0.1, 0.15) is 6.10 Å². The first-order chi connectivity index (χ1) is 7.24. The molecule has 2 rings (SSSR count). The van der Waals surface area contributed by atoms with Crippen molar-refractivity contribution in [1.29, 1.82) is 0 Å². The van der Waals surface area contributed by atoms with Crippen molar-refractivity contribution in [2.24, 2.45) is 11.7 Å². The fourth-order valence-electron chi connectivity index (χ4n) is 1.80. The van der Waals surface area contributed by atoms with Gasteiger partial charge < -0.3 is 10.5 Å². The van der Waals surface area contributed by atoms with E-state index in [-0.39, 0.29) is 6.10 Å². The highest BCUT2D eigenvalue weighted by Gasteiger charge is 2.34. The zero-order chi connectivity index (χ0) is 10.8. The molecule has 82 valence electrons. The number of methoxy groups -OCH3 is 1. The number of nitrogens with two attached hydrogens (primary N) is 1. The van der Waals surface area contributed by atoms with Crippen molar-refractivity contribution < 1.29 is 4.74 Å². The number of nitrogens with zero attached hydrogens (tertiary/aromatic N) is 2. The van der Waals surface area contributed by atoms with Crippen molar-refractivity contribution >= 4 is 0 Å². The average molecular weight is 207 g/mol. The van der Waals surface area contributed by atoms with Gasteiger partial charge in [0.25, 0.3) is 0 Å². The van der Waals surface area contributed by atoms with Crippen LogP contribution in [0.2, 0.25) is 0 Å². The van der Waals surface area contributed by atoms with Gasteiger partial charge in [-0.2, -0.15) is 0 Å². The minimum atomic E-state index is 0.0511. The van der Waals surface area contributed by atoms with Crippen LogP contribution >= 0.6 is 0 Å². The number of rotatable bonds is 4. The maximum Gasteiger partial charge on any atom is 0.157 e. The standard InChI is InChI=1S/C11H17N3O/c1-7-5-9(6-12)14-11(13-7)10(15-2)8-3-4-8/h5,8,10H,3-4,6,12H2,1-2H3. The largest absolute Gasteiger partial charge is 0.373 e. The summed E-state index contributed by atoms with van der Waals surface area (Å²) in [5.74, 6) is 1.39. The van der Waals surface area contributed by atoms with E-state index in [0.29, 0.717) is 12.5 Å². The van der Waals surface area contributed by atoms with Gasteiger partial charge in [0, 0.05) is 19.3 Å². The molecule has 1 heterocycles. The van der Waals surface area contributed by atoms with Crippen LogP contribution in [0.4, 0.5) is 0 Å². The molecule has 1 aliphatic rings. The average Bonchev–Trinajstić information content (AvgIpc) is 3.02. The van der Waals surface area contributed by atoms with E-state index in [1.807, 2.05) is 13.0 Å². The number of ether oxygens (including phenoxy) is 1. The number of aryl methyl sites for hydroxylation is 1. The quantitative estimate of drug-likeness (QED) is 0.809. The first kappa shape index (κ1) is 10.5. The summed E-state index contributed by atoms with van der Waals surface area (Å²) in [5, 5.41) is 0. The van der Waals surface area contributed by atoms with Crippen molar-refractivity contribution in [3.63, 3.8) is 0 Å². The molecule has 1 aromatic heterocycles. The van der Waals surface area contributed by atoms with E-state index < -0.39 is 0 Å². The van der Waals surface area contributed by atoms with Crippen LogP contribution in [0.15, 0.2) is 6.07 Å². The molecule has 2 N–H and O–H groups in total. The monoisotopic (exact) mass is 207 g/mol. The maximum atomic E-state index is 5.59. The molecule has 0 bridgehead atoms. The molecule has 1 unspecified atom stereocenters. The van der Waals surface area contributed by atoms with Crippen molar-refractivity contribution in [1.82, 2.24) is 9.97 Å². The minimum Gasteiger partial charge on any atom is -0.373 e. The van der Waals surface area contributed by atoms with Crippen LogP contribution in [0.25, 0.3) is 0 Å². The highest BCUT2D eigenvalue weighted by Crippen LogP contribution is 2.41. The lowest BCUT2D eigenvalue weighted by Crippen LogP contribution is -2.12. The summed E-state index contributed by atoms with van der Waals surface area (Å²) >= 11 is 0. The summed E-state index contributed by atoms with van der Waals surface area (Å²) in [6.45, 7) is 2.42. The molecule has 0 saturated heterocycles. The van der Waals surface area contributed by atoms with Gasteiger partial charge in [-0.15, -0.1) is 0 Å². The Morgan fingerprint density at radius 3 is 2.80 bits per heavy atom. The molecule has 4 heteroatoms. The molecular weight excluding hydrogens is 190 g/mol. The van der Waals surface area contributed by atoms with Crippen LogP contribution < -0.4 is 5.73 Å². The van der Waals surface area contributed by atoms with E-state index in [1.54, 1.807) is 7.11 Å². The Labute approximate surface area is 89.9 Å². The van der Waals surface area contributed by atoms with Crippen molar-refractivity contribution in [3.05, 3.63) is 23.3 Å². The number of aromatic nitrogens is 2. The second-order valence-corrected chi connectivity index (χ2v) is 4.06. The van der Waals surface area contributed by atoms with Crippen LogP contribution in [0, 0.1) is 12.8 Å². The van der Waals surface area contributed by atoms with E-state index in [2.05, 4.69) is 9.97 Å². The van der Waals surface area contributed by atoms with E-state index in [4.69, 9.17) is 10.5 Å². The van der Waals surface area contributed by atoms with E-state index in [0.717, 1.165) is 17.2 Å². The molecule has 1 aromatic rings. The molecular formula is C11H17N3O. The van der Waals surface area contributed by atoms with E-state index in [9.17, 15) is 0 Å². The molecule has 0 amide bonds. The number of hydrogen-bond donors (Lipinski definition) is 1. The fourth-order valence-corrected chi connectivity index (χ4v) is 1.80. The van der Waals surface area contributed by atoms with Gasteiger partial charge in [-0.25, -0.2) is 9.97 Å². The molecule has 0 spiro atoms. The Kier molecular flexibility index (Phi) is 2.98. The molecule has 0 aromatic carbocycles. The summed E-state index contributed by atoms with van der Waals surface area (Å²) in [6, 6.07) is 1.92. The SMILES string of the molecule is COC(c1nc(C)cc(CN)n1)C1CC1. The highest BCUT2D eigenvalue weighted by atomic mass is 16.5. The Morgan fingerprint density at radius 2 is 2.27 bits per heavy atom. The van der Waals surface area contributed by atoms with Crippen LogP contribution in [-0.4, -0.2) is 17.1 Å². The fraction of sp³-hybridized carbons (Fsp3) is 0.636. The number of hydrogen-bond acceptors (Lipinski definition) is 4. The Morgan fingerprint density at radius 1 is 1.53 bits per heavy atom. The van der Waals surface area contributed by atoms with Crippen LogP contribution in [0.5, 0.6) is 0 Å². The predicted molar refractivity (Wildman–Crippen MR) is 57.1 cm³/mol. The van der Waals surface area contributed by atoms with Crippen LogP contribution in [0.3, 0.4) is 0 Å². The van der Waals surface area contributed by atoms with Gasteiger partial charge in [0.15, 0.2) is 5.82 Å². The molecule has 4 nitrogen and oxygen atoms in total. The molecule has 15 heavy (non-hydrogen) atoms. The molecule has 0 aliphatic heterocycles. The summed E-state index contributed by atoms with van der Waals surface area (Å²) < 4.78 is 5.45. The Balaban J connectivity index is 2.28. The topological polar surface area (TPSA) is 61.0 Å². The minimum absolute atomic E-state index is 0.0511. The summed E-state index contributed by atoms with van der Waals surface area (Å²) in [4.78, 5) is 8.85. The van der Waals surface area contributed by atoms with Gasteiger partial charge in [0.05, 0.1) is 5.69 Å². The van der Waals surface area contributed by atoms with Crippen molar-refractivity contribution in [2.75, 3.05) is 7.11 Å². The van der Waals surface area contributed by atoms with Crippen molar-refractivity contribution in [3.8, 4) is 0 Å². The second kappa shape index (κ2) is 4.24.